The molecule has 0 aromatic heterocycles. The molecule has 0 amide bonds. The lowest BCUT2D eigenvalue weighted by Crippen LogP contribution is -1.81. The summed E-state index contributed by atoms with van der Waals surface area (Å²) in [6.07, 6.45) is 0. The maximum atomic E-state index is 12.2. The normalized spacial score (nSPS) is 9.56. The molecule has 0 aliphatic carbocycles. The lowest BCUT2D eigenvalue weighted by molar-refractivity contribution is 0.541. The summed E-state index contributed by atoms with van der Waals surface area (Å²) in [4.78, 5) is -0.336. The minimum absolute atomic E-state index is 0.336. The van der Waals surface area contributed by atoms with Crippen LogP contribution in [0, 0.1) is 11.6 Å². The standard InChI is InChI=1S/C6H3F2S/c7-4-2-1-3-5(8)6(4)9/h1-3H. The highest BCUT2D eigenvalue weighted by atomic mass is 32.1. The molecule has 0 saturated carbocycles. The molecule has 0 saturated heterocycles. The molecule has 0 atom stereocenters. The van der Waals surface area contributed by atoms with Gasteiger partial charge in [-0.1, -0.05) is 18.7 Å². The lowest BCUT2D eigenvalue weighted by Gasteiger charge is -1.91. The third kappa shape index (κ3) is 1.16. The van der Waals surface area contributed by atoms with Crippen LogP contribution < -0.4 is 0 Å². The fourth-order valence-corrected chi connectivity index (χ4v) is 0.619. The van der Waals surface area contributed by atoms with Gasteiger partial charge in [0.1, 0.15) is 16.5 Å². The Morgan fingerprint density at radius 2 is 1.56 bits per heavy atom. The molecule has 0 spiro atoms. The van der Waals surface area contributed by atoms with Crippen molar-refractivity contribution in [3.05, 3.63) is 29.8 Å². The second-order valence-corrected chi connectivity index (χ2v) is 1.96. The van der Waals surface area contributed by atoms with Gasteiger partial charge in [0.15, 0.2) is 0 Å². The van der Waals surface area contributed by atoms with Crippen molar-refractivity contribution in [1.29, 1.82) is 0 Å². The molecule has 0 fully saturated rings. The Bertz CT molecular complexity index is 202. The van der Waals surface area contributed by atoms with E-state index in [-0.39, 0.29) is 4.90 Å². The maximum Gasteiger partial charge on any atom is 0.144 e. The Labute approximate surface area is 56.9 Å². The zero-order valence-electron chi connectivity index (χ0n) is 4.40. The van der Waals surface area contributed by atoms with Crippen molar-refractivity contribution in [3.8, 4) is 0 Å². The minimum Gasteiger partial charge on any atom is -0.205 e. The van der Waals surface area contributed by atoms with Crippen molar-refractivity contribution in [3.63, 3.8) is 0 Å². The monoisotopic (exact) mass is 145 g/mol. The molecule has 0 unspecified atom stereocenters. The predicted molar refractivity (Wildman–Crippen MR) is 32.2 cm³/mol. The number of halogens is 2. The van der Waals surface area contributed by atoms with Crippen LogP contribution in [-0.2, 0) is 0 Å². The van der Waals surface area contributed by atoms with E-state index in [0.717, 1.165) is 12.1 Å². The first-order valence-corrected chi connectivity index (χ1v) is 2.73. The molecule has 0 bridgehead atoms. The lowest BCUT2D eigenvalue weighted by atomic mass is 10.3. The first-order valence-electron chi connectivity index (χ1n) is 2.33. The summed E-state index contributed by atoms with van der Waals surface area (Å²) >= 11 is 4.34. The van der Waals surface area contributed by atoms with Gasteiger partial charge >= 0.3 is 0 Å². The fraction of sp³-hybridized carbons (Fsp3) is 0. The highest BCUT2D eigenvalue weighted by Crippen LogP contribution is 2.14. The van der Waals surface area contributed by atoms with Crippen LogP contribution in [0.25, 0.3) is 0 Å². The molecule has 0 heterocycles. The molecule has 3 heteroatoms. The number of rotatable bonds is 0. The largest absolute Gasteiger partial charge is 0.205 e. The molecule has 1 aromatic carbocycles. The Morgan fingerprint density at radius 3 is 1.89 bits per heavy atom. The predicted octanol–water partition coefficient (Wildman–Crippen LogP) is 2.52. The Morgan fingerprint density at radius 1 is 1.11 bits per heavy atom. The third-order valence-corrected chi connectivity index (χ3v) is 1.31. The van der Waals surface area contributed by atoms with Crippen LogP contribution >= 0.6 is 12.6 Å². The van der Waals surface area contributed by atoms with E-state index in [1.807, 2.05) is 0 Å². The second kappa shape index (κ2) is 2.27. The quantitative estimate of drug-likeness (QED) is 0.526. The van der Waals surface area contributed by atoms with Crippen molar-refractivity contribution in [2.45, 2.75) is 4.90 Å². The molecule has 0 aliphatic rings. The van der Waals surface area contributed by atoms with Gasteiger partial charge in [-0.25, -0.2) is 8.78 Å². The number of benzene rings is 1. The van der Waals surface area contributed by atoms with E-state index in [0.29, 0.717) is 0 Å². The smallest absolute Gasteiger partial charge is 0.144 e. The van der Waals surface area contributed by atoms with Crippen LogP contribution in [-0.4, -0.2) is 0 Å². The number of hydrogen-bond donors (Lipinski definition) is 0. The Kier molecular flexibility index (Phi) is 1.62. The van der Waals surface area contributed by atoms with Crippen molar-refractivity contribution in [1.82, 2.24) is 0 Å². The Hall–Kier alpha value is -0.700. The van der Waals surface area contributed by atoms with Crippen LogP contribution in [0.1, 0.15) is 0 Å². The summed E-state index contributed by atoms with van der Waals surface area (Å²) in [7, 11) is 0. The van der Waals surface area contributed by atoms with Crippen LogP contribution in [0.4, 0.5) is 8.78 Å². The van der Waals surface area contributed by atoms with Crippen molar-refractivity contribution < 1.29 is 8.78 Å². The van der Waals surface area contributed by atoms with Crippen LogP contribution in [0.15, 0.2) is 23.1 Å². The van der Waals surface area contributed by atoms with Gasteiger partial charge in [0, 0.05) is 0 Å². The highest BCUT2D eigenvalue weighted by Gasteiger charge is 2.02. The third-order valence-electron chi connectivity index (χ3n) is 0.919. The van der Waals surface area contributed by atoms with Gasteiger partial charge in [-0.05, 0) is 12.1 Å². The molecule has 0 N–H and O–H groups in total. The maximum absolute atomic E-state index is 12.2. The van der Waals surface area contributed by atoms with E-state index in [1.54, 1.807) is 0 Å². The molecule has 9 heavy (non-hydrogen) atoms. The summed E-state index contributed by atoms with van der Waals surface area (Å²) in [5.41, 5.74) is 0. The van der Waals surface area contributed by atoms with E-state index in [1.165, 1.54) is 6.07 Å². The molecule has 1 rings (SSSR count). The SMILES string of the molecule is Fc1cccc(F)c1[S]. The summed E-state index contributed by atoms with van der Waals surface area (Å²) in [6, 6.07) is 3.54. The van der Waals surface area contributed by atoms with Gasteiger partial charge in [-0.2, -0.15) is 0 Å². The van der Waals surface area contributed by atoms with Gasteiger partial charge in [0.05, 0.1) is 0 Å². The Balaban J connectivity index is 3.25. The summed E-state index contributed by atoms with van der Waals surface area (Å²) in [5.74, 6) is -1.35. The van der Waals surface area contributed by atoms with Crippen molar-refractivity contribution in [2.24, 2.45) is 0 Å². The van der Waals surface area contributed by atoms with Crippen molar-refractivity contribution in [2.75, 3.05) is 0 Å². The average molecular weight is 145 g/mol. The zero-order valence-corrected chi connectivity index (χ0v) is 5.21. The second-order valence-electron chi connectivity index (χ2n) is 1.55. The number of hydrogen-bond acceptors (Lipinski definition) is 0. The highest BCUT2D eigenvalue weighted by molar-refractivity contribution is 7.80. The van der Waals surface area contributed by atoms with Gasteiger partial charge in [0.2, 0.25) is 0 Å². The molecule has 1 aromatic rings. The van der Waals surface area contributed by atoms with E-state index in [9.17, 15) is 8.78 Å². The van der Waals surface area contributed by atoms with Gasteiger partial charge in [-0.3, -0.25) is 0 Å². The van der Waals surface area contributed by atoms with E-state index in [2.05, 4.69) is 12.6 Å². The molecule has 0 nitrogen and oxygen atoms in total. The average Bonchev–Trinajstić information content (AvgIpc) is 1.83. The van der Waals surface area contributed by atoms with Gasteiger partial charge < -0.3 is 0 Å². The van der Waals surface area contributed by atoms with Crippen LogP contribution in [0.2, 0.25) is 0 Å². The molecule has 0 aliphatic heterocycles. The van der Waals surface area contributed by atoms with Gasteiger partial charge in [0.25, 0.3) is 0 Å². The summed E-state index contributed by atoms with van der Waals surface area (Å²) < 4.78 is 24.5. The summed E-state index contributed by atoms with van der Waals surface area (Å²) in [6.45, 7) is 0. The topological polar surface area (TPSA) is 0 Å². The van der Waals surface area contributed by atoms with E-state index >= 15 is 0 Å². The van der Waals surface area contributed by atoms with E-state index in [4.69, 9.17) is 0 Å². The van der Waals surface area contributed by atoms with Crippen molar-refractivity contribution >= 4 is 12.6 Å². The van der Waals surface area contributed by atoms with Crippen LogP contribution in [0.3, 0.4) is 0 Å². The summed E-state index contributed by atoms with van der Waals surface area (Å²) in [5, 5.41) is 0. The molecular formula is C6H3F2S. The fourth-order valence-electron chi connectivity index (χ4n) is 0.483. The minimum atomic E-state index is -0.676. The molecule has 47 valence electrons. The first kappa shape index (κ1) is 6.42. The zero-order chi connectivity index (χ0) is 6.85. The van der Waals surface area contributed by atoms with E-state index < -0.39 is 11.6 Å². The van der Waals surface area contributed by atoms with Crippen LogP contribution in [0.5, 0.6) is 0 Å². The molecular weight excluding hydrogens is 142 g/mol. The van der Waals surface area contributed by atoms with Gasteiger partial charge in [-0.15, -0.1) is 0 Å². The first-order chi connectivity index (χ1) is 4.22. The molecule has 1 radical (unpaired) electrons.